The van der Waals surface area contributed by atoms with Gasteiger partial charge in [0.25, 0.3) is 0 Å². The lowest BCUT2D eigenvalue weighted by molar-refractivity contribution is -0.117. The molecule has 1 aliphatic rings. The van der Waals surface area contributed by atoms with Gasteiger partial charge in [0.15, 0.2) is 0 Å². The van der Waals surface area contributed by atoms with Crippen LogP contribution >= 0.6 is 11.6 Å². The minimum Gasteiger partial charge on any atom is -0.360 e. The number of halogens is 1. The van der Waals surface area contributed by atoms with Crippen LogP contribution in [0.5, 0.6) is 0 Å². The van der Waals surface area contributed by atoms with Gasteiger partial charge in [-0.3, -0.25) is 4.79 Å². The van der Waals surface area contributed by atoms with E-state index in [-0.39, 0.29) is 11.9 Å². The van der Waals surface area contributed by atoms with Crippen LogP contribution in [0.25, 0.3) is 0 Å². The molecular weight excluding hydrogens is 298 g/mol. The number of aryl methyl sites for hydroxylation is 1. The summed E-state index contributed by atoms with van der Waals surface area (Å²) >= 11 is 5.81. The normalized spacial score (nSPS) is 15.1. The Morgan fingerprint density at radius 1 is 1.32 bits per heavy atom. The number of aromatic nitrogens is 1. The number of rotatable bonds is 3. The van der Waals surface area contributed by atoms with Gasteiger partial charge in [0.2, 0.25) is 5.91 Å². The summed E-state index contributed by atoms with van der Waals surface area (Å²) in [6.07, 6.45) is 3.66. The number of nitrogens with one attached hydrogen (secondary N) is 1. The Morgan fingerprint density at radius 3 is 2.91 bits per heavy atom. The van der Waals surface area contributed by atoms with Crippen molar-refractivity contribution in [1.29, 1.82) is 0 Å². The van der Waals surface area contributed by atoms with Crippen molar-refractivity contribution in [2.24, 2.45) is 0 Å². The van der Waals surface area contributed by atoms with Gasteiger partial charge in [-0.15, -0.1) is 0 Å². The first-order valence-corrected chi connectivity index (χ1v) is 7.80. The van der Waals surface area contributed by atoms with Gasteiger partial charge in [-0.05, 0) is 43.5 Å². The standard InChI is InChI=1S/C17H18ClN3O/c1-12(17(22)20-16-9-8-14(18)11-19-16)21-10-4-6-13-5-2-3-7-15(13)21/h2-3,5,7-9,11-12H,4,6,10H2,1H3,(H,19,20,22)/t12-/m1/s1. The Hall–Kier alpha value is -2.07. The van der Waals surface area contributed by atoms with Gasteiger partial charge in [0, 0.05) is 18.4 Å². The number of para-hydroxylation sites is 1. The fourth-order valence-electron chi connectivity index (χ4n) is 2.79. The van der Waals surface area contributed by atoms with Crippen LogP contribution in [0.4, 0.5) is 11.5 Å². The number of amides is 1. The van der Waals surface area contributed by atoms with Crippen LogP contribution in [-0.2, 0) is 11.2 Å². The number of fused-ring (bicyclic) bond motifs is 1. The molecule has 2 aromatic rings. The van der Waals surface area contributed by atoms with Crippen LogP contribution < -0.4 is 10.2 Å². The van der Waals surface area contributed by atoms with Crippen molar-refractivity contribution in [1.82, 2.24) is 4.98 Å². The Bertz CT molecular complexity index is 672. The van der Waals surface area contributed by atoms with Crippen LogP contribution in [0.15, 0.2) is 42.6 Å². The lowest BCUT2D eigenvalue weighted by Crippen LogP contribution is -2.44. The molecule has 22 heavy (non-hydrogen) atoms. The van der Waals surface area contributed by atoms with E-state index in [1.807, 2.05) is 19.1 Å². The van der Waals surface area contributed by atoms with Crippen molar-refractivity contribution in [3.8, 4) is 0 Å². The van der Waals surface area contributed by atoms with E-state index < -0.39 is 0 Å². The maximum absolute atomic E-state index is 12.5. The van der Waals surface area contributed by atoms with Crippen molar-refractivity contribution < 1.29 is 4.79 Å². The van der Waals surface area contributed by atoms with E-state index in [4.69, 9.17) is 11.6 Å². The molecule has 1 atom stereocenters. The Balaban J connectivity index is 1.75. The average molecular weight is 316 g/mol. The van der Waals surface area contributed by atoms with Gasteiger partial charge in [-0.2, -0.15) is 0 Å². The van der Waals surface area contributed by atoms with Crippen LogP contribution in [-0.4, -0.2) is 23.5 Å². The zero-order chi connectivity index (χ0) is 15.5. The number of anilines is 2. The molecule has 0 saturated heterocycles. The Labute approximate surface area is 135 Å². The van der Waals surface area contributed by atoms with Gasteiger partial charge in [0.05, 0.1) is 5.02 Å². The first-order chi connectivity index (χ1) is 10.6. The van der Waals surface area contributed by atoms with Crippen molar-refractivity contribution in [3.05, 3.63) is 53.2 Å². The molecule has 114 valence electrons. The molecule has 0 bridgehead atoms. The number of hydrogen-bond acceptors (Lipinski definition) is 3. The number of benzene rings is 1. The van der Waals surface area contributed by atoms with E-state index in [1.54, 1.807) is 12.1 Å². The molecule has 0 aliphatic carbocycles. The molecule has 4 nitrogen and oxygen atoms in total. The highest BCUT2D eigenvalue weighted by Gasteiger charge is 2.25. The van der Waals surface area contributed by atoms with Crippen LogP contribution in [0, 0.1) is 0 Å². The molecule has 1 aromatic heterocycles. The summed E-state index contributed by atoms with van der Waals surface area (Å²) in [7, 11) is 0. The van der Waals surface area contributed by atoms with Crippen molar-refractivity contribution in [2.45, 2.75) is 25.8 Å². The molecule has 5 heteroatoms. The van der Waals surface area contributed by atoms with E-state index in [1.165, 1.54) is 11.8 Å². The highest BCUT2D eigenvalue weighted by molar-refractivity contribution is 6.30. The summed E-state index contributed by atoms with van der Waals surface area (Å²) in [4.78, 5) is 18.7. The third-order valence-corrected chi connectivity index (χ3v) is 4.20. The second-order valence-electron chi connectivity index (χ2n) is 5.45. The summed E-state index contributed by atoms with van der Waals surface area (Å²) in [5.41, 5.74) is 2.46. The van der Waals surface area contributed by atoms with Crippen LogP contribution in [0.2, 0.25) is 5.02 Å². The smallest absolute Gasteiger partial charge is 0.247 e. The summed E-state index contributed by atoms with van der Waals surface area (Å²) < 4.78 is 0. The van der Waals surface area contributed by atoms with E-state index in [0.717, 1.165) is 25.1 Å². The fourth-order valence-corrected chi connectivity index (χ4v) is 2.90. The summed E-state index contributed by atoms with van der Waals surface area (Å²) in [5.74, 6) is 0.457. The number of pyridine rings is 1. The SMILES string of the molecule is C[C@H](C(=O)Nc1ccc(Cl)cn1)N1CCCc2ccccc21. The van der Waals surface area contributed by atoms with Gasteiger partial charge in [-0.25, -0.2) is 4.98 Å². The molecule has 1 N–H and O–H groups in total. The van der Waals surface area contributed by atoms with E-state index in [0.29, 0.717) is 10.8 Å². The van der Waals surface area contributed by atoms with E-state index in [9.17, 15) is 4.79 Å². The number of carbonyl (C=O) groups excluding carboxylic acids is 1. The number of nitrogens with zero attached hydrogens (tertiary/aromatic N) is 2. The third kappa shape index (κ3) is 3.07. The molecule has 1 aliphatic heterocycles. The van der Waals surface area contributed by atoms with Gasteiger partial charge < -0.3 is 10.2 Å². The van der Waals surface area contributed by atoms with Crippen molar-refractivity contribution in [3.63, 3.8) is 0 Å². The Kier molecular flexibility index (Phi) is 4.29. The van der Waals surface area contributed by atoms with Gasteiger partial charge >= 0.3 is 0 Å². The van der Waals surface area contributed by atoms with Crippen molar-refractivity contribution >= 4 is 29.0 Å². The second kappa shape index (κ2) is 6.36. The maximum atomic E-state index is 12.5. The molecule has 0 spiro atoms. The molecule has 0 saturated carbocycles. The quantitative estimate of drug-likeness (QED) is 0.942. The topological polar surface area (TPSA) is 45.2 Å². The van der Waals surface area contributed by atoms with Gasteiger partial charge in [0.1, 0.15) is 11.9 Å². The highest BCUT2D eigenvalue weighted by Crippen LogP contribution is 2.28. The number of carbonyl (C=O) groups is 1. The fraction of sp³-hybridized carbons (Fsp3) is 0.294. The molecule has 0 unspecified atom stereocenters. The van der Waals surface area contributed by atoms with Gasteiger partial charge in [-0.1, -0.05) is 29.8 Å². The minimum atomic E-state index is -0.251. The maximum Gasteiger partial charge on any atom is 0.247 e. The summed E-state index contributed by atoms with van der Waals surface area (Å²) in [6.45, 7) is 2.81. The predicted octanol–water partition coefficient (Wildman–Crippen LogP) is 3.51. The molecule has 3 rings (SSSR count). The predicted molar refractivity (Wildman–Crippen MR) is 89.4 cm³/mol. The van der Waals surface area contributed by atoms with Crippen LogP contribution in [0.3, 0.4) is 0 Å². The molecule has 1 amide bonds. The lowest BCUT2D eigenvalue weighted by Gasteiger charge is -2.35. The second-order valence-corrected chi connectivity index (χ2v) is 5.89. The third-order valence-electron chi connectivity index (χ3n) is 3.97. The minimum absolute atomic E-state index is 0.0634. The summed E-state index contributed by atoms with van der Waals surface area (Å²) in [5, 5.41) is 3.40. The van der Waals surface area contributed by atoms with E-state index >= 15 is 0 Å². The Morgan fingerprint density at radius 2 is 2.14 bits per heavy atom. The average Bonchev–Trinajstić information content (AvgIpc) is 2.55. The van der Waals surface area contributed by atoms with E-state index in [2.05, 4.69) is 27.3 Å². The molecule has 0 radical (unpaired) electrons. The summed E-state index contributed by atoms with van der Waals surface area (Å²) in [6, 6.07) is 11.4. The largest absolute Gasteiger partial charge is 0.360 e. The molecule has 0 fully saturated rings. The van der Waals surface area contributed by atoms with Crippen LogP contribution in [0.1, 0.15) is 18.9 Å². The zero-order valence-corrected chi connectivity index (χ0v) is 13.2. The molecule has 2 heterocycles. The van der Waals surface area contributed by atoms with Crippen molar-refractivity contribution in [2.75, 3.05) is 16.8 Å². The monoisotopic (exact) mass is 315 g/mol. The number of hydrogen-bond donors (Lipinski definition) is 1. The highest BCUT2D eigenvalue weighted by atomic mass is 35.5. The molecule has 1 aromatic carbocycles. The first kappa shape index (κ1) is 14.9. The zero-order valence-electron chi connectivity index (χ0n) is 12.4. The molecular formula is C17H18ClN3O. The first-order valence-electron chi connectivity index (χ1n) is 7.42. The lowest BCUT2D eigenvalue weighted by atomic mass is 10.00.